The van der Waals surface area contributed by atoms with Crippen LogP contribution in [-0.4, -0.2) is 72.0 Å². The predicted molar refractivity (Wildman–Crippen MR) is 121 cm³/mol. The number of nitrogens with zero attached hydrogens (tertiary/aromatic N) is 4. The van der Waals surface area contributed by atoms with Gasteiger partial charge >= 0.3 is 0 Å². The molecule has 0 bridgehead atoms. The number of anilines is 1. The van der Waals surface area contributed by atoms with Crippen LogP contribution in [0, 0.1) is 0 Å². The molecule has 2 aromatic heterocycles. The third-order valence-electron chi connectivity index (χ3n) is 5.50. The van der Waals surface area contributed by atoms with E-state index in [9.17, 15) is 9.59 Å². The Morgan fingerprint density at radius 3 is 2.57 bits per heavy atom. The first-order valence-electron chi connectivity index (χ1n) is 10.5. The number of aromatic amines is 1. The molecule has 0 aromatic carbocycles. The van der Waals surface area contributed by atoms with Gasteiger partial charge in [0.2, 0.25) is 5.91 Å². The number of carbonyl (C=O) groups is 1. The topological polar surface area (TPSA) is 72.5 Å². The van der Waals surface area contributed by atoms with Crippen molar-refractivity contribution in [1.82, 2.24) is 19.8 Å². The van der Waals surface area contributed by atoms with Crippen molar-refractivity contribution in [3.63, 3.8) is 0 Å². The Bertz CT molecular complexity index is 915. The van der Waals surface area contributed by atoms with Gasteiger partial charge in [0.25, 0.3) is 5.56 Å². The molecule has 30 heavy (non-hydrogen) atoms. The SMILES string of the molecule is CCN(c1cc(-c2ccncc2)c[nH]c1=O)C1CCN(C(=O)C=CCN(C)C)CC1. The quantitative estimate of drug-likeness (QED) is 0.711. The first kappa shape index (κ1) is 21.8. The van der Waals surface area contributed by atoms with Crippen LogP contribution in [0.3, 0.4) is 0 Å². The Morgan fingerprint density at radius 2 is 1.93 bits per heavy atom. The fourth-order valence-corrected chi connectivity index (χ4v) is 3.89. The van der Waals surface area contributed by atoms with Crippen LogP contribution in [0.15, 0.2) is 53.7 Å². The third kappa shape index (κ3) is 5.36. The molecule has 1 saturated heterocycles. The van der Waals surface area contributed by atoms with Crippen molar-refractivity contribution in [2.75, 3.05) is 45.2 Å². The molecule has 7 heteroatoms. The van der Waals surface area contributed by atoms with Gasteiger partial charge in [-0.05, 0) is 57.6 Å². The Hall–Kier alpha value is -2.93. The molecule has 0 aliphatic carbocycles. The Balaban J connectivity index is 1.70. The number of nitrogens with one attached hydrogen (secondary N) is 1. The van der Waals surface area contributed by atoms with Crippen LogP contribution in [0.1, 0.15) is 19.8 Å². The van der Waals surface area contributed by atoms with Crippen molar-refractivity contribution in [3.8, 4) is 11.1 Å². The highest BCUT2D eigenvalue weighted by atomic mass is 16.2. The van der Waals surface area contributed by atoms with Gasteiger partial charge in [-0.25, -0.2) is 0 Å². The molecular weight excluding hydrogens is 378 g/mol. The number of aromatic nitrogens is 2. The Morgan fingerprint density at radius 1 is 1.23 bits per heavy atom. The van der Waals surface area contributed by atoms with E-state index in [4.69, 9.17) is 0 Å². The van der Waals surface area contributed by atoms with Crippen LogP contribution in [0.4, 0.5) is 5.69 Å². The van der Waals surface area contributed by atoms with E-state index in [-0.39, 0.29) is 17.5 Å². The lowest BCUT2D eigenvalue weighted by molar-refractivity contribution is -0.127. The molecule has 1 amide bonds. The van der Waals surface area contributed by atoms with Crippen LogP contribution in [0.5, 0.6) is 0 Å². The third-order valence-corrected chi connectivity index (χ3v) is 5.50. The van der Waals surface area contributed by atoms with Crippen molar-refractivity contribution in [3.05, 3.63) is 59.3 Å². The largest absolute Gasteiger partial charge is 0.364 e. The molecule has 0 unspecified atom stereocenters. The second kappa shape index (κ2) is 10.2. The Labute approximate surface area is 178 Å². The summed E-state index contributed by atoms with van der Waals surface area (Å²) in [5.74, 6) is 0.0656. The van der Waals surface area contributed by atoms with Gasteiger partial charge in [0.05, 0.1) is 0 Å². The number of pyridine rings is 2. The molecule has 1 aliphatic heterocycles. The molecule has 0 atom stereocenters. The normalized spacial score (nSPS) is 15.1. The monoisotopic (exact) mass is 409 g/mol. The molecule has 1 N–H and O–H groups in total. The van der Waals surface area contributed by atoms with Gasteiger partial charge in [0, 0.05) is 62.5 Å². The van der Waals surface area contributed by atoms with E-state index in [1.807, 2.05) is 48.2 Å². The van der Waals surface area contributed by atoms with Crippen molar-refractivity contribution >= 4 is 11.6 Å². The zero-order valence-corrected chi connectivity index (χ0v) is 18.0. The van der Waals surface area contributed by atoms with Crippen molar-refractivity contribution < 1.29 is 4.79 Å². The molecule has 3 rings (SSSR count). The van der Waals surface area contributed by atoms with E-state index in [2.05, 4.69) is 21.8 Å². The lowest BCUT2D eigenvalue weighted by Crippen LogP contribution is -2.47. The highest BCUT2D eigenvalue weighted by Crippen LogP contribution is 2.25. The van der Waals surface area contributed by atoms with Crippen LogP contribution >= 0.6 is 0 Å². The minimum Gasteiger partial charge on any atom is -0.364 e. The molecule has 0 saturated carbocycles. The highest BCUT2D eigenvalue weighted by molar-refractivity contribution is 5.87. The first-order chi connectivity index (χ1) is 14.5. The van der Waals surface area contributed by atoms with E-state index < -0.39 is 0 Å². The molecule has 0 spiro atoms. The van der Waals surface area contributed by atoms with Crippen LogP contribution in [0.2, 0.25) is 0 Å². The van der Waals surface area contributed by atoms with E-state index in [1.54, 1.807) is 24.7 Å². The highest BCUT2D eigenvalue weighted by Gasteiger charge is 2.27. The lowest BCUT2D eigenvalue weighted by Gasteiger charge is -2.38. The van der Waals surface area contributed by atoms with Gasteiger partial charge in [-0.1, -0.05) is 6.08 Å². The van der Waals surface area contributed by atoms with Crippen LogP contribution in [0.25, 0.3) is 11.1 Å². The average Bonchev–Trinajstić information content (AvgIpc) is 2.76. The average molecular weight is 410 g/mol. The molecular formula is C23H31N5O2. The molecule has 0 radical (unpaired) electrons. The summed E-state index contributed by atoms with van der Waals surface area (Å²) in [5.41, 5.74) is 2.58. The minimum absolute atomic E-state index is 0.0656. The van der Waals surface area contributed by atoms with E-state index in [1.165, 1.54) is 0 Å². The summed E-state index contributed by atoms with van der Waals surface area (Å²) in [6, 6.07) is 6.06. The first-order valence-corrected chi connectivity index (χ1v) is 10.5. The van der Waals surface area contributed by atoms with Crippen LogP contribution < -0.4 is 10.5 Å². The van der Waals surface area contributed by atoms with Crippen molar-refractivity contribution in [2.24, 2.45) is 0 Å². The van der Waals surface area contributed by atoms with Crippen molar-refractivity contribution in [1.29, 1.82) is 0 Å². The number of amides is 1. The van der Waals surface area contributed by atoms with E-state index in [0.717, 1.165) is 37.1 Å². The second-order valence-electron chi connectivity index (χ2n) is 7.85. The number of H-pyrrole nitrogens is 1. The summed E-state index contributed by atoms with van der Waals surface area (Å²) in [5, 5.41) is 0. The molecule has 1 aliphatic rings. The number of carbonyl (C=O) groups excluding carboxylic acids is 1. The second-order valence-corrected chi connectivity index (χ2v) is 7.85. The zero-order chi connectivity index (χ0) is 21.5. The van der Waals surface area contributed by atoms with Gasteiger partial charge in [0.1, 0.15) is 5.69 Å². The van der Waals surface area contributed by atoms with E-state index in [0.29, 0.717) is 18.8 Å². The minimum atomic E-state index is -0.0835. The maximum atomic E-state index is 12.6. The summed E-state index contributed by atoms with van der Waals surface area (Å²) in [6.45, 7) is 4.97. The molecule has 2 aromatic rings. The number of piperidine rings is 1. The summed E-state index contributed by atoms with van der Waals surface area (Å²) < 4.78 is 0. The molecule has 160 valence electrons. The Kier molecular flexibility index (Phi) is 7.41. The summed E-state index contributed by atoms with van der Waals surface area (Å²) in [7, 11) is 3.95. The fourth-order valence-electron chi connectivity index (χ4n) is 3.89. The predicted octanol–water partition coefficient (Wildman–Crippen LogP) is 2.37. The summed E-state index contributed by atoms with van der Waals surface area (Å²) >= 11 is 0. The molecule has 7 nitrogen and oxygen atoms in total. The van der Waals surface area contributed by atoms with Crippen molar-refractivity contribution in [2.45, 2.75) is 25.8 Å². The number of hydrogen-bond acceptors (Lipinski definition) is 5. The van der Waals surface area contributed by atoms with Gasteiger partial charge in [-0.15, -0.1) is 0 Å². The van der Waals surface area contributed by atoms with Crippen LogP contribution in [-0.2, 0) is 4.79 Å². The van der Waals surface area contributed by atoms with E-state index >= 15 is 0 Å². The smallest absolute Gasteiger partial charge is 0.271 e. The lowest BCUT2D eigenvalue weighted by atomic mass is 10.0. The maximum Gasteiger partial charge on any atom is 0.271 e. The summed E-state index contributed by atoms with van der Waals surface area (Å²) in [4.78, 5) is 38.0. The maximum absolute atomic E-state index is 12.6. The van der Waals surface area contributed by atoms with Gasteiger partial charge in [-0.3, -0.25) is 14.6 Å². The van der Waals surface area contributed by atoms with Gasteiger partial charge < -0.3 is 19.7 Å². The molecule has 1 fully saturated rings. The fraction of sp³-hybridized carbons (Fsp3) is 0.435. The zero-order valence-electron chi connectivity index (χ0n) is 18.0. The van der Waals surface area contributed by atoms with Gasteiger partial charge in [-0.2, -0.15) is 0 Å². The van der Waals surface area contributed by atoms with Gasteiger partial charge in [0.15, 0.2) is 0 Å². The molecule has 3 heterocycles. The standard InChI is InChI=1S/C23H31N5O2/c1-4-28(20-9-14-27(15-10-20)22(29)6-5-13-26(2)3)21-16-19(17-25-23(21)30)18-7-11-24-12-8-18/h5-8,11-12,16-17,20H,4,9-10,13-15H2,1-3H3,(H,25,30). The number of likely N-dealkylation sites (N-methyl/N-ethyl adjacent to an activating group) is 1. The summed E-state index contributed by atoms with van der Waals surface area (Å²) in [6.07, 6.45) is 10.5. The number of hydrogen-bond donors (Lipinski definition) is 1. The number of likely N-dealkylation sites (tertiary alicyclic amines) is 1. The number of rotatable bonds is 7.